The van der Waals surface area contributed by atoms with Gasteiger partial charge in [-0.15, -0.1) is 0 Å². The average Bonchev–Trinajstić information content (AvgIpc) is 2.46. The van der Waals surface area contributed by atoms with E-state index in [1.807, 2.05) is 0 Å². The summed E-state index contributed by atoms with van der Waals surface area (Å²) in [6.07, 6.45) is 1.50. The molecule has 0 amide bonds. The minimum Gasteiger partial charge on any atom is -0.486 e. The molecule has 1 aliphatic rings. The van der Waals surface area contributed by atoms with E-state index < -0.39 is 0 Å². The Morgan fingerprint density at radius 2 is 2.05 bits per heavy atom. The van der Waals surface area contributed by atoms with Crippen molar-refractivity contribution in [3.05, 3.63) is 50.8 Å². The summed E-state index contributed by atoms with van der Waals surface area (Å²) in [5, 5.41) is 4.54. The van der Waals surface area contributed by atoms with Crippen molar-refractivity contribution in [2.75, 3.05) is 18.9 Å². The number of nitrogen functional groups attached to an aromatic ring is 1. The quantitative estimate of drug-likeness (QED) is 0.859. The van der Waals surface area contributed by atoms with Gasteiger partial charge in [0.25, 0.3) is 5.56 Å². The molecule has 2 N–H and O–H groups in total. The van der Waals surface area contributed by atoms with E-state index in [2.05, 4.69) is 5.10 Å². The van der Waals surface area contributed by atoms with Gasteiger partial charge in [0.1, 0.15) is 19.0 Å². The van der Waals surface area contributed by atoms with E-state index in [0.29, 0.717) is 35.3 Å². The van der Waals surface area contributed by atoms with Crippen LogP contribution in [0.5, 0.6) is 11.5 Å². The Labute approximate surface area is 131 Å². The molecule has 7 heteroatoms. The van der Waals surface area contributed by atoms with Gasteiger partial charge < -0.3 is 15.2 Å². The topological polar surface area (TPSA) is 78.8 Å². The van der Waals surface area contributed by atoms with Gasteiger partial charge in [-0.05, 0) is 36.2 Å². The fraction of sp³-hybridized carbons (Fsp3) is 0.200. The summed E-state index contributed by atoms with van der Waals surface area (Å²) in [5.74, 6) is 1.35. The van der Waals surface area contributed by atoms with Crippen LogP contribution in [0.25, 0.3) is 0 Å². The Balaban J connectivity index is 1.97. The third kappa shape index (κ3) is 2.78. The third-order valence-corrected chi connectivity index (χ3v) is 3.40. The van der Waals surface area contributed by atoms with Crippen molar-refractivity contribution in [3.8, 4) is 11.5 Å². The number of halogens is 1. The van der Waals surface area contributed by atoms with Gasteiger partial charge in [-0.25, -0.2) is 0 Å². The van der Waals surface area contributed by atoms with Crippen molar-refractivity contribution in [3.63, 3.8) is 0 Å². The molecule has 0 unspecified atom stereocenters. The molecule has 1 aromatic heterocycles. The molecule has 0 bridgehead atoms. The fourth-order valence-electron chi connectivity index (χ4n) is 2.17. The lowest BCUT2D eigenvalue weighted by Gasteiger charge is -2.19. The van der Waals surface area contributed by atoms with Crippen LogP contribution < -0.4 is 20.8 Å². The Hall–Kier alpha value is -2.47. The Kier molecular flexibility index (Phi) is 3.77. The third-order valence-electron chi connectivity index (χ3n) is 3.12. The fourth-order valence-corrected chi connectivity index (χ4v) is 2.45. The lowest BCUT2D eigenvalue weighted by atomic mass is 10.2. The van der Waals surface area contributed by atoms with Crippen LogP contribution in [0.3, 0.4) is 0 Å². The number of nitrogens with zero attached hydrogens (tertiary/aromatic N) is 2. The number of ether oxygens (including phenoxy) is 2. The highest BCUT2D eigenvalue weighted by Gasteiger charge is 2.16. The summed E-state index contributed by atoms with van der Waals surface area (Å²) in [7, 11) is 0. The number of nitrogens with two attached hydrogens (primary N) is 1. The van der Waals surface area contributed by atoms with E-state index in [0.717, 1.165) is 10.2 Å². The van der Waals surface area contributed by atoms with Crippen LogP contribution in [-0.2, 0) is 0 Å². The largest absolute Gasteiger partial charge is 0.486 e. The summed E-state index contributed by atoms with van der Waals surface area (Å²) in [5.41, 5.74) is 6.98. The number of aryl methyl sites for hydroxylation is 1. The predicted molar refractivity (Wildman–Crippen MR) is 85.3 cm³/mol. The molecule has 1 aromatic carbocycles. The highest BCUT2D eigenvalue weighted by Crippen LogP contribution is 2.37. The van der Waals surface area contributed by atoms with Gasteiger partial charge in [-0.2, -0.15) is 9.78 Å². The first-order valence-corrected chi connectivity index (χ1v) is 7.05. The van der Waals surface area contributed by atoms with Crippen LogP contribution in [0.1, 0.15) is 11.1 Å². The lowest BCUT2D eigenvalue weighted by Crippen LogP contribution is -2.19. The van der Waals surface area contributed by atoms with Crippen LogP contribution in [0.2, 0.25) is 5.02 Å². The van der Waals surface area contributed by atoms with Crippen molar-refractivity contribution >= 4 is 23.6 Å². The molecular weight excluding hydrogens is 306 g/mol. The van der Waals surface area contributed by atoms with Crippen molar-refractivity contribution in [2.45, 2.75) is 6.92 Å². The molecule has 3 rings (SSSR count). The average molecular weight is 320 g/mol. The molecule has 0 fully saturated rings. The number of hydrogen-bond donors (Lipinski definition) is 1. The number of aromatic nitrogens is 1. The number of hydrogen-bond acceptors (Lipinski definition) is 5. The van der Waals surface area contributed by atoms with Crippen molar-refractivity contribution in [1.82, 2.24) is 4.68 Å². The Bertz CT molecular complexity index is 814. The summed E-state index contributed by atoms with van der Waals surface area (Å²) in [4.78, 5) is 11.9. The summed E-state index contributed by atoms with van der Waals surface area (Å²) in [6.45, 7) is 2.73. The minimum absolute atomic E-state index is 0.268. The van der Waals surface area contributed by atoms with E-state index in [9.17, 15) is 4.79 Å². The summed E-state index contributed by atoms with van der Waals surface area (Å²) < 4.78 is 12.1. The lowest BCUT2D eigenvalue weighted by molar-refractivity contribution is 0.171. The molecule has 22 heavy (non-hydrogen) atoms. The molecule has 0 atom stereocenters. The second kappa shape index (κ2) is 5.73. The second-order valence-corrected chi connectivity index (χ2v) is 5.29. The minimum atomic E-state index is -0.294. The molecule has 114 valence electrons. The first-order valence-electron chi connectivity index (χ1n) is 6.67. The molecule has 0 saturated heterocycles. The highest BCUT2D eigenvalue weighted by molar-refractivity contribution is 6.32. The normalized spacial score (nSPS) is 13.5. The highest BCUT2D eigenvalue weighted by atomic mass is 35.5. The maximum Gasteiger partial charge on any atom is 0.273 e. The van der Waals surface area contributed by atoms with Gasteiger partial charge in [0.2, 0.25) is 0 Å². The smallest absolute Gasteiger partial charge is 0.273 e. The molecule has 0 saturated carbocycles. The maximum absolute atomic E-state index is 11.9. The van der Waals surface area contributed by atoms with E-state index in [1.165, 1.54) is 12.3 Å². The van der Waals surface area contributed by atoms with Gasteiger partial charge in [0.15, 0.2) is 11.5 Å². The summed E-state index contributed by atoms with van der Waals surface area (Å²) >= 11 is 6.15. The maximum atomic E-state index is 11.9. The second-order valence-electron chi connectivity index (χ2n) is 4.88. The van der Waals surface area contributed by atoms with Crippen molar-refractivity contribution < 1.29 is 9.47 Å². The van der Waals surface area contributed by atoms with Crippen LogP contribution in [0, 0.1) is 6.92 Å². The van der Waals surface area contributed by atoms with Gasteiger partial charge in [0.05, 0.1) is 11.2 Å². The SMILES string of the molecule is Cc1cc(N)n(/N=C\c2cc(Cl)c3c(c2)OCCO3)c(=O)c1. The van der Waals surface area contributed by atoms with Crippen LogP contribution in [0.4, 0.5) is 5.82 Å². The molecular formula is C15H14ClN3O3. The molecule has 6 nitrogen and oxygen atoms in total. The Morgan fingerprint density at radius 1 is 1.27 bits per heavy atom. The number of fused-ring (bicyclic) bond motifs is 1. The zero-order valence-electron chi connectivity index (χ0n) is 11.9. The number of pyridine rings is 1. The standard InChI is InChI=1S/C15H14ClN3O3/c1-9-4-13(17)19(14(20)5-9)18-8-10-6-11(16)15-12(7-10)21-2-3-22-15/h4-8H,2-3,17H2,1H3/b18-8-. The zero-order valence-corrected chi connectivity index (χ0v) is 12.6. The van der Waals surface area contributed by atoms with Gasteiger partial charge >= 0.3 is 0 Å². The number of benzene rings is 1. The van der Waals surface area contributed by atoms with E-state index in [-0.39, 0.29) is 11.4 Å². The van der Waals surface area contributed by atoms with Crippen LogP contribution >= 0.6 is 11.6 Å². The molecule has 0 aliphatic carbocycles. The zero-order chi connectivity index (χ0) is 15.7. The Morgan fingerprint density at radius 3 is 2.82 bits per heavy atom. The monoisotopic (exact) mass is 319 g/mol. The van der Waals surface area contributed by atoms with Crippen molar-refractivity contribution in [2.24, 2.45) is 5.10 Å². The predicted octanol–water partition coefficient (Wildman–Crippen LogP) is 2.05. The van der Waals surface area contributed by atoms with Gasteiger partial charge in [-0.1, -0.05) is 11.6 Å². The first kappa shape index (κ1) is 14.5. The van der Waals surface area contributed by atoms with E-state index in [4.69, 9.17) is 26.8 Å². The van der Waals surface area contributed by atoms with Crippen LogP contribution in [0.15, 0.2) is 34.2 Å². The van der Waals surface area contributed by atoms with Crippen LogP contribution in [-0.4, -0.2) is 24.1 Å². The number of anilines is 1. The van der Waals surface area contributed by atoms with Gasteiger partial charge in [-0.3, -0.25) is 4.79 Å². The van der Waals surface area contributed by atoms with E-state index >= 15 is 0 Å². The molecule has 0 radical (unpaired) electrons. The van der Waals surface area contributed by atoms with Crippen molar-refractivity contribution in [1.29, 1.82) is 0 Å². The first-order chi connectivity index (χ1) is 10.5. The molecule has 0 spiro atoms. The molecule has 1 aliphatic heterocycles. The number of rotatable bonds is 2. The van der Waals surface area contributed by atoms with E-state index in [1.54, 1.807) is 25.1 Å². The van der Waals surface area contributed by atoms with Gasteiger partial charge in [0, 0.05) is 6.07 Å². The molecule has 2 heterocycles. The summed E-state index contributed by atoms with van der Waals surface area (Å²) in [6, 6.07) is 6.58. The molecule has 2 aromatic rings.